The molecule has 2 aromatic carbocycles. The Morgan fingerprint density at radius 1 is 1.04 bits per heavy atom. The number of carbonyl (C=O) groups excluding carboxylic acids is 1. The zero-order chi connectivity index (χ0) is 17.4. The van der Waals surface area contributed by atoms with E-state index in [0.717, 1.165) is 21.8 Å². The Hall–Kier alpha value is -2.93. The molecule has 124 valence electrons. The second-order valence-corrected chi connectivity index (χ2v) is 6.90. The lowest BCUT2D eigenvalue weighted by Crippen LogP contribution is -2.21. The third kappa shape index (κ3) is 2.72. The van der Waals surface area contributed by atoms with E-state index in [-0.39, 0.29) is 17.1 Å². The molecule has 0 spiro atoms. The standard InChI is InChI=1S/C18H15N5OS/c1-11(25-18-21-10-20-17(19)22-18)16(24)23-14-8-4-2-6-12(14)13-7-3-5-9-15(13)23/h2-11H,1H3,(H2,19,20,21,22). The summed E-state index contributed by atoms with van der Waals surface area (Å²) < 4.78 is 1.77. The fourth-order valence-electron chi connectivity index (χ4n) is 2.90. The molecule has 1 atom stereocenters. The van der Waals surface area contributed by atoms with Crippen LogP contribution in [0.1, 0.15) is 11.7 Å². The fourth-order valence-corrected chi connectivity index (χ4v) is 3.68. The molecule has 1 unspecified atom stereocenters. The summed E-state index contributed by atoms with van der Waals surface area (Å²) in [4.78, 5) is 25.1. The molecule has 2 aromatic heterocycles. The van der Waals surface area contributed by atoms with Crippen LogP contribution in [-0.2, 0) is 0 Å². The Kier molecular flexibility index (Phi) is 3.85. The number of nitrogens with two attached hydrogens (primary N) is 1. The topological polar surface area (TPSA) is 86.7 Å². The van der Waals surface area contributed by atoms with Gasteiger partial charge in [-0.3, -0.25) is 9.36 Å². The van der Waals surface area contributed by atoms with Gasteiger partial charge in [-0.2, -0.15) is 4.98 Å². The van der Waals surface area contributed by atoms with Crippen molar-refractivity contribution >= 4 is 45.4 Å². The SMILES string of the molecule is CC(Sc1ncnc(N)n1)C(=O)n1c2ccccc2c2ccccc21. The molecule has 0 fully saturated rings. The van der Waals surface area contributed by atoms with E-state index in [1.54, 1.807) is 4.57 Å². The number of hydrogen-bond acceptors (Lipinski definition) is 6. The van der Waals surface area contributed by atoms with Crippen LogP contribution in [0, 0.1) is 0 Å². The molecular weight excluding hydrogens is 334 g/mol. The summed E-state index contributed by atoms with van der Waals surface area (Å²) >= 11 is 1.27. The van der Waals surface area contributed by atoms with Gasteiger partial charge < -0.3 is 5.73 Å². The van der Waals surface area contributed by atoms with Crippen molar-refractivity contribution in [1.29, 1.82) is 0 Å². The summed E-state index contributed by atoms with van der Waals surface area (Å²) in [5.41, 5.74) is 7.39. The van der Waals surface area contributed by atoms with Gasteiger partial charge in [0.2, 0.25) is 11.9 Å². The summed E-state index contributed by atoms with van der Waals surface area (Å²) in [5.74, 6) is 0.121. The van der Waals surface area contributed by atoms with Gasteiger partial charge in [0, 0.05) is 10.8 Å². The van der Waals surface area contributed by atoms with Crippen molar-refractivity contribution in [1.82, 2.24) is 19.5 Å². The van der Waals surface area contributed by atoms with Gasteiger partial charge in [0.15, 0.2) is 5.16 Å². The number of aromatic nitrogens is 4. The molecule has 0 bridgehead atoms. The summed E-state index contributed by atoms with van der Waals surface area (Å²) in [6.07, 6.45) is 1.35. The van der Waals surface area contributed by atoms with Gasteiger partial charge in [0.25, 0.3) is 0 Å². The number of fused-ring (bicyclic) bond motifs is 3. The highest BCUT2D eigenvalue weighted by molar-refractivity contribution is 8.00. The second-order valence-electron chi connectivity index (χ2n) is 5.59. The van der Waals surface area contributed by atoms with E-state index in [2.05, 4.69) is 15.0 Å². The van der Waals surface area contributed by atoms with Gasteiger partial charge in [-0.05, 0) is 19.1 Å². The van der Waals surface area contributed by atoms with E-state index in [1.807, 2.05) is 55.5 Å². The van der Waals surface area contributed by atoms with Gasteiger partial charge in [0.05, 0.1) is 16.3 Å². The lowest BCUT2D eigenvalue weighted by Gasteiger charge is -2.12. The Morgan fingerprint density at radius 3 is 2.24 bits per heavy atom. The van der Waals surface area contributed by atoms with Crippen LogP contribution in [0.4, 0.5) is 5.95 Å². The van der Waals surface area contributed by atoms with Gasteiger partial charge in [-0.25, -0.2) is 9.97 Å². The largest absolute Gasteiger partial charge is 0.368 e. The van der Waals surface area contributed by atoms with E-state index in [0.29, 0.717) is 5.16 Å². The average molecular weight is 349 g/mol. The molecule has 7 heteroatoms. The van der Waals surface area contributed by atoms with Gasteiger partial charge in [-0.1, -0.05) is 48.2 Å². The van der Waals surface area contributed by atoms with E-state index in [9.17, 15) is 4.79 Å². The second kappa shape index (κ2) is 6.18. The quantitative estimate of drug-likeness (QED) is 0.571. The zero-order valence-corrected chi connectivity index (χ0v) is 14.3. The van der Waals surface area contributed by atoms with Crippen LogP contribution in [0.15, 0.2) is 60.0 Å². The number of para-hydroxylation sites is 2. The molecule has 4 rings (SSSR count). The maximum Gasteiger partial charge on any atom is 0.244 e. The van der Waals surface area contributed by atoms with Crippen molar-refractivity contribution in [2.24, 2.45) is 0 Å². The number of thioether (sulfide) groups is 1. The normalized spacial score (nSPS) is 12.5. The predicted octanol–water partition coefficient (Wildman–Crippen LogP) is 3.38. The molecule has 0 saturated heterocycles. The fraction of sp³-hybridized carbons (Fsp3) is 0.111. The molecular formula is C18H15N5OS. The van der Waals surface area contributed by atoms with Gasteiger partial charge >= 0.3 is 0 Å². The molecule has 0 radical (unpaired) electrons. The minimum atomic E-state index is -0.374. The van der Waals surface area contributed by atoms with Crippen LogP contribution in [-0.4, -0.2) is 30.7 Å². The molecule has 25 heavy (non-hydrogen) atoms. The predicted molar refractivity (Wildman–Crippen MR) is 99.6 cm³/mol. The zero-order valence-electron chi connectivity index (χ0n) is 13.5. The first-order valence-corrected chi connectivity index (χ1v) is 8.66. The molecule has 0 aliphatic rings. The number of anilines is 1. The van der Waals surface area contributed by atoms with Crippen molar-refractivity contribution in [3.63, 3.8) is 0 Å². The van der Waals surface area contributed by atoms with Crippen LogP contribution < -0.4 is 5.73 Å². The first-order valence-electron chi connectivity index (χ1n) is 7.78. The molecule has 2 heterocycles. The number of carbonyl (C=O) groups is 1. The minimum Gasteiger partial charge on any atom is -0.368 e. The Labute approximate surface area is 148 Å². The highest BCUT2D eigenvalue weighted by Crippen LogP contribution is 2.30. The van der Waals surface area contributed by atoms with E-state index in [1.165, 1.54) is 18.1 Å². The highest BCUT2D eigenvalue weighted by Gasteiger charge is 2.22. The van der Waals surface area contributed by atoms with Gasteiger partial charge in [-0.15, -0.1) is 0 Å². The van der Waals surface area contributed by atoms with Crippen molar-refractivity contribution in [2.75, 3.05) is 5.73 Å². The highest BCUT2D eigenvalue weighted by atomic mass is 32.2. The Bertz CT molecular complexity index is 1040. The van der Waals surface area contributed by atoms with Crippen molar-refractivity contribution in [3.8, 4) is 0 Å². The first-order chi connectivity index (χ1) is 12.1. The Morgan fingerprint density at radius 2 is 1.64 bits per heavy atom. The third-order valence-electron chi connectivity index (χ3n) is 4.00. The molecule has 0 aliphatic carbocycles. The summed E-state index contributed by atoms with van der Waals surface area (Å²) in [6.45, 7) is 1.84. The van der Waals surface area contributed by atoms with Crippen LogP contribution >= 0.6 is 11.8 Å². The smallest absolute Gasteiger partial charge is 0.244 e. The monoisotopic (exact) mass is 349 g/mol. The lowest BCUT2D eigenvalue weighted by atomic mass is 10.2. The molecule has 0 saturated carbocycles. The average Bonchev–Trinajstić information content (AvgIpc) is 2.95. The number of nitrogens with zero attached hydrogens (tertiary/aromatic N) is 4. The van der Waals surface area contributed by atoms with E-state index in [4.69, 9.17) is 5.73 Å². The molecule has 0 amide bonds. The van der Waals surface area contributed by atoms with E-state index < -0.39 is 0 Å². The molecule has 4 aromatic rings. The molecule has 0 aliphatic heterocycles. The number of nitrogen functional groups attached to an aromatic ring is 1. The summed E-state index contributed by atoms with van der Waals surface area (Å²) in [5, 5.41) is 2.19. The summed E-state index contributed by atoms with van der Waals surface area (Å²) in [7, 11) is 0. The van der Waals surface area contributed by atoms with E-state index >= 15 is 0 Å². The summed E-state index contributed by atoms with van der Waals surface area (Å²) in [6, 6.07) is 15.8. The van der Waals surface area contributed by atoms with Crippen molar-refractivity contribution in [3.05, 3.63) is 54.9 Å². The van der Waals surface area contributed by atoms with Crippen molar-refractivity contribution in [2.45, 2.75) is 17.3 Å². The first kappa shape index (κ1) is 15.6. The maximum atomic E-state index is 13.2. The van der Waals surface area contributed by atoms with Gasteiger partial charge in [0.1, 0.15) is 6.33 Å². The van der Waals surface area contributed by atoms with Crippen LogP contribution in [0.2, 0.25) is 0 Å². The molecule has 6 nitrogen and oxygen atoms in total. The minimum absolute atomic E-state index is 0.0265. The number of rotatable bonds is 3. The van der Waals surface area contributed by atoms with Crippen molar-refractivity contribution < 1.29 is 4.79 Å². The maximum absolute atomic E-state index is 13.2. The van der Waals surface area contributed by atoms with Crippen LogP contribution in [0.25, 0.3) is 21.8 Å². The van der Waals surface area contributed by atoms with Crippen LogP contribution in [0.5, 0.6) is 0 Å². The molecule has 2 N–H and O–H groups in total. The third-order valence-corrected chi connectivity index (χ3v) is 4.96. The number of benzene rings is 2. The Balaban J connectivity index is 1.78. The van der Waals surface area contributed by atoms with Crippen LogP contribution in [0.3, 0.4) is 0 Å². The number of hydrogen-bond donors (Lipinski definition) is 1. The lowest BCUT2D eigenvalue weighted by molar-refractivity contribution is 0.0925.